The predicted molar refractivity (Wildman–Crippen MR) is 76.0 cm³/mol. The zero-order chi connectivity index (χ0) is 14.6. The highest BCUT2D eigenvalue weighted by Gasteiger charge is 2.63. The topological polar surface area (TPSA) is 44.8 Å². The van der Waals surface area contributed by atoms with Gasteiger partial charge in [0, 0.05) is 6.61 Å². The summed E-state index contributed by atoms with van der Waals surface area (Å²) in [5, 5.41) is 0. The minimum absolute atomic E-state index is 0.0742. The summed E-state index contributed by atoms with van der Waals surface area (Å²) in [6.45, 7) is 2.81. The molecule has 0 N–H and O–H groups in total. The van der Waals surface area contributed by atoms with Crippen LogP contribution in [0.1, 0.15) is 31.7 Å². The normalized spacial score (nSPS) is 24.2. The van der Waals surface area contributed by atoms with Gasteiger partial charge in [-0.3, -0.25) is 4.79 Å². The summed E-state index contributed by atoms with van der Waals surface area (Å²) in [7, 11) is 3.05. The number of unbranched alkanes of at least 4 members (excludes halogenated alkanes) is 1. The van der Waals surface area contributed by atoms with Gasteiger partial charge in [-0.2, -0.15) is 0 Å². The number of esters is 1. The number of rotatable bonds is 7. The molecule has 0 radical (unpaired) electrons. The van der Waals surface area contributed by atoms with Gasteiger partial charge < -0.3 is 14.2 Å². The third-order valence-electron chi connectivity index (χ3n) is 3.87. The molecule has 4 heteroatoms. The van der Waals surface area contributed by atoms with Crippen molar-refractivity contribution in [3.63, 3.8) is 0 Å². The van der Waals surface area contributed by atoms with Gasteiger partial charge in [0.05, 0.1) is 20.3 Å². The molecule has 1 fully saturated rings. The smallest absolute Gasteiger partial charge is 0.319 e. The maximum absolute atomic E-state index is 12.2. The summed E-state index contributed by atoms with van der Waals surface area (Å²) >= 11 is 0. The third kappa shape index (κ3) is 2.66. The van der Waals surface area contributed by atoms with E-state index in [4.69, 9.17) is 14.2 Å². The molecule has 0 unspecified atom stereocenters. The van der Waals surface area contributed by atoms with E-state index in [0.29, 0.717) is 13.0 Å². The number of benzene rings is 1. The van der Waals surface area contributed by atoms with Gasteiger partial charge in [-0.25, -0.2) is 0 Å². The van der Waals surface area contributed by atoms with Crippen molar-refractivity contribution in [2.45, 2.75) is 37.7 Å². The van der Waals surface area contributed by atoms with Gasteiger partial charge in [-0.15, -0.1) is 0 Å². The van der Waals surface area contributed by atoms with Gasteiger partial charge in [-0.1, -0.05) is 25.5 Å². The van der Waals surface area contributed by atoms with E-state index in [1.165, 1.54) is 7.11 Å². The maximum Gasteiger partial charge on any atom is 0.319 e. The van der Waals surface area contributed by atoms with Gasteiger partial charge in [0.2, 0.25) is 0 Å². The molecule has 20 heavy (non-hydrogen) atoms. The van der Waals surface area contributed by atoms with Gasteiger partial charge in [0.15, 0.2) is 0 Å². The van der Waals surface area contributed by atoms with Crippen LogP contribution in [0, 0.1) is 0 Å². The molecule has 1 aliphatic rings. The van der Waals surface area contributed by atoms with Crippen molar-refractivity contribution >= 4 is 5.97 Å². The first-order valence-electron chi connectivity index (χ1n) is 7.03. The van der Waals surface area contributed by atoms with Crippen molar-refractivity contribution in [3.8, 4) is 5.75 Å². The molecule has 0 aliphatic heterocycles. The van der Waals surface area contributed by atoms with Crippen molar-refractivity contribution < 1.29 is 19.0 Å². The average molecular weight is 278 g/mol. The molecule has 2 rings (SSSR count). The Morgan fingerprint density at radius 1 is 1.30 bits per heavy atom. The van der Waals surface area contributed by atoms with Crippen LogP contribution in [-0.2, 0) is 19.7 Å². The molecule has 0 amide bonds. The van der Waals surface area contributed by atoms with Crippen molar-refractivity contribution in [2.75, 3.05) is 20.8 Å². The summed E-state index contributed by atoms with van der Waals surface area (Å²) in [5.74, 6) is 0.557. The van der Waals surface area contributed by atoms with Crippen LogP contribution in [0.15, 0.2) is 24.3 Å². The molecular weight excluding hydrogens is 256 g/mol. The highest BCUT2D eigenvalue weighted by atomic mass is 16.5. The Labute approximate surface area is 120 Å². The van der Waals surface area contributed by atoms with Crippen LogP contribution < -0.4 is 4.74 Å². The standard InChI is InChI=1S/C16H22O4/c1-4-5-10-20-14-11-16(14,15(17)19-3)12-6-8-13(18-2)9-7-12/h6-9,14H,4-5,10-11H2,1-3H3/t14-,16+/m0/s1. The molecule has 0 bridgehead atoms. The number of ether oxygens (including phenoxy) is 3. The van der Waals surface area contributed by atoms with Crippen LogP contribution in [0.2, 0.25) is 0 Å². The monoisotopic (exact) mass is 278 g/mol. The van der Waals surface area contributed by atoms with Crippen molar-refractivity contribution in [2.24, 2.45) is 0 Å². The summed E-state index contributed by atoms with van der Waals surface area (Å²) in [4.78, 5) is 12.2. The molecule has 0 spiro atoms. The summed E-state index contributed by atoms with van der Waals surface area (Å²) in [6, 6.07) is 7.56. The highest BCUT2D eigenvalue weighted by molar-refractivity contribution is 5.88. The molecule has 0 saturated heterocycles. The molecular formula is C16H22O4. The van der Waals surface area contributed by atoms with Crippen LogP contribution in [0.3, 0.4) is 0 Å². The number of methoxy groups -OCH3 is 2. The molecule has 2 atom stereocenters. The van der Waals surface area contributed by atoms with E-state index in [2.05, 4.69) is 6.92 Å². The second-order valence-corrected chi connectivity index (χ2v) is 5.11. The van der Waals surface area contributed by atoms with E-state index >= 15 is 0 Å². The Morgan fingerprint density at radius 2 is 2.00 bits per heavy atom. The Hall–Kier alpha value is -1.55. The Morgan fingerprint density at radius 3 is 2.55 bits per heavy atom. The van der Waals surface area contributed by atoms with E-state index < -0.39 is 5.41 Å². The van der Waals surface area contributed by atoms with E-state index in [9.17, 15) is 4.79 Å². The molecule has 1 aromatic rings. The van der Waals surface area contributed by atoms with Gasteiger partial charge in [0.1, 0.15) is 11.2 Å². The van der Waals surface area contributed by atoms with E-state index in [-0.39, 0.29) is 12.1 Å². The van der Waals surface area contributed by atoms with Crippen LogP contribution in [0.25, 0.3) is 0 Å². The number of carbonyl (C=O) groups excluding carboxylic acids is 1. The number of carbonyl (C=O) groups is 1. The van der Waals surface area contributed by atoms with Crippen LogP contribution in [-0.4, -0.2) is 32.9 Å². The van der Waals surface area contributed by atoms with Gasteiger partial charge in [0.25, 0.3) is 0 Å². The predicted octanol–water partition coefficient (Wildman–Crippen LogP) is 2.70. The molecule has 110 valence electrons. The minimum atomic E-state index is -0.630. The second-order valence-electron chi connectivity index (χ2n) is 5.11. The van der Waals surface area contributed by atoms with Crippen molar-refractivity contribution in [1.82, 2.24) is 0 Å². The Kier molecular flexibility index (Phi) is 4.65. The zero-order valence-corrected chi connectivity index (χ0v) is 12.3. The number of hydrogen-bond acceptors (Lipinski definition) is 4. The second kappa shape index (κ2) is 6.27. The Balaban J connectivity index is 2.14. The molecule has 4 nitrogen and oxygen atoms in total. The molecule has 0 heterocycles. The summed E-state index contributed by atoms with van der Waals surface area (Å²) < 4.78 is 15.9. The van der Waals surface area contributed by atoms with E-state index in [0.717, 1.165) is 24.2 Å². The van der Waals surface area contributed by atoms with Crippen molar-refractivity contribution in [3.05, 3.63) is 29.8 Å². The average Bonchev–Trinajstić information content (AvgIpc) is 3.22. The minimum Gasteiger partial charge on any atom is -0.497 e. The number of hydrogen-bond donors (Lipinski definition) is 0. The summed E-state index contributed by atoms with van der Waals surface area (Å²) in [6.07, 6.45) is 2.71. The Bertz CT molecular complexity index is 454. The van der Waals surface area contributed by atoms with Gasteiger partial charge in [-0.05, 0) is 30.5 Å². The van der Waals surface area contributed by atoms with Crippen LogP contribution >= 0.6 is 0 Å². The summed E-state index contributed by atoms with van der Waals surface area (Å²) in [5.41, 5.74) is 0.307. The van der Waals surface area contributed by atoms with Gasteiger partial charge >= 0.3 is 5.97 Å². The quantitative estimate of drug-likeness (QED) is 0.568. The van der Waals surface area contributed by atoms with Crippen molar-refractivity contribution in [1.29, 1.82) is 0 Å². The zero-order valence-electron chi connectivity index (χ0n) is 12.3. The molecule has 1 saturated carbocycles. The maximum atomic E-state index is 12.2. The lowest BCUT2D eigenvalue weighted by molar-refractivity contribution is -0.145. The van der Waals surface area contributed by atoms with Crippen LogP contribution in [0.4, 0.5) is 0 Å². The first-order chi connectivity index (χ1) is 9.68. The van der Waals surface area contributed by atoms with E-state index in [1.807, 2.05) is 24.3 Å². The SMILES string of the molecule is CCCCO[C@H]1C[C@@]1(C(=O)OC)c1ccc(OC)cc1. The fourth-order valence-electron chi connectivity index (χ4n) is 2.51. The fraction of sp³-hybridized carbons (Fsp3) is 0.562. The lowest BCUT2D eigenvalue weighted by Gasteiger charge is -2.16. The lowest BCUT2D eigenvalue weighted by atomic mass is 9.95. The molecule has 0 aromatic heterocycles. The highest BCUT2D eigenvalue weighted by Crippen LogP contribution is 2.51. The fourth-order valence-corrected chi connectivity index (χ4v) is 2.51. The molecule has 1 aliphatic carbocycles. The largest absolute Gasteiger partial charge is 0.497 e. The third-order valence-corrected chi connectivity index (χ3v) is 3.87. The van der Waals surface area contributed by atoms with E-state index in [1.54, 1.807) is 7.11 Å². The first-order valence-corrected chi connectivity index (χ1v) is 7.03. The molecule has 1 aromatic carbocycles. The van der Waals surface area contributed by atoms with Crippen LogP contribution in [0.5, 0.6) is 5.75 Å². The lowest BCUT2D eigenvalue weighted by Crippen LogP contribution is -2.27. The first kappa shape index (κ1) is 14.9.